The lowest BCUT2D eigenvalue weighted by atomic mass is 10.0. The third kappa shape index (κ3) is 2.22. The van der Waals surface area contributed by atoms with Crippen LogP contribution >= 0.6 is 0 Å². The summed E-state index contributed by atoms with van der Waals surface area (Å²) in [4.78, 5) is 23.7. The van der Waals surface area contributed by atoms with E-state index in [-0.39, 0.29) is 16.9 Å². The molecule has 0 spiro atoms. The number of rotatable bonds is 3. The average molecular weight is 242 g/mol. The quantitative estimate of drug-likeness (QED) is 0.639. The Labute approximate surface area is 103 Å². The molecule has 2 rings (SSSR count). The number of phenols is 2. The van der Waals surface area contributed by atoms with Crippen LogP contribution in [0.1, 0.15) is 20.7 Å². The Morgan fingerprint density at radius 2 is 1.50 bits per heavy atom. The smallest absolute Gasteiger partial charge is 0.237 e. The number of benzene rings is 2. The number of phenolic OH excluding ortho intramolecular Hbond substituents is 2. The van der Waals surface area contributed by atoms with E-state index in [4.69, 9.17) is 5.11 Å². The van der Waals surface area contributed by atoms with Crippen molar-refractivity contribution in [3.05, 3.63) is 59.7 Å². The van der Waals surface area contributed by atoms with Crippen molar-refractivity contribution in [3.8, 4) is 11.5 Å². The standard InChI is InChI=1S/C14H10O4/c15-10-6-7-11(12(16)8-10)14(18)13(17)9-4-2-1-3-5-9/h1-8,15-16H. The highest BCUT2D eigenvalue weighted by atomic mass is 16.3. The summed E-state index contributed by atoms with van der Waals surface area (Å²) in [7, 11) is 0. The summed E-state index contributed by atoms with van der Waals surface area (Å²) in [5.74, 6) is -2.09. The van der Waals surface area contributed by atoms with Gasteiger partial charge in [0.1, 0.15) is 11.5 Å². The van der Waals surface area contributed by atoms with Gasteiger partial charge in [-0.2, -0.15) is 0 Å². The third-order valence-corrected chi connectivity index (χ3v) is 2.47. The van der Waals surface area contributed by atoms with Gasteiger partial charge < -0.3 is 10.2 Å². The average Bonchev–Trinajstić information content (AvgIpc) is 2.38. The summed E-state index contributed by atoms with van der Waals surface area (Å²) in [6, 6.07) is 11.6. The molecule has 0 saturated heterocycles. The summed E-state index contributed by atoms with van der Waals surface area (Å²) in [6.07, 6.45) is 0. The second-order valence-electron chi connectivity index (χ2n) is 3.73. The first-order chi connectivity index (χ1) is 8.59. The van der Waals surface area contributed by atoms with Gasteiger partial charge in [0.2, 0.25) is 11.6 Å². The Kier molecular flexibility index (Phi) is 3.10. The highest BCUT2D eigenvalue weighted by molar-refractivity contribution is 6.49. The van der Waals surface area contributed by atoms with Crippen molar-refractivity contribution in [1.29, 1.82) is 0 Å². The second-order valence-corrected chi connectivity index (χ2v) is 3.73. The van der Waals surface area contributed by atoms with Crippen LogP contribution in [-0.2, 0) is 0 Å². The zero-order valence-corrected chi connectivity index (χ0v) is 9.33. The van der Waals surface area contributed by atoms with E-state index in [1.807, 2.05) is 0 Å². The molecule has 2 aromatic carbocycles. The molecule has 90 valence electrons. The number of ketones is 2. The molecule has 0 aromatic heterocycles. The fourth-order valence-electron chi connectivity index (χ4n) is 1.55. The van der Waals surface area contributed by atoms with Crippen LogP contribution in [0.25, 0.3) is 0 Å². The van der Waals surface area contributed by atoms with Crippen molar-refractivity contribution in [2.45, 2.75) is 0 Å². The number of carbonyl (C=O) groups is 2. The van der Waals surface area contributed by atoms with E-state index < -0.39 is 17.3 Å². The minimum absolute atomic E-state index is 0.123. The Hall–Kier alpha value is -2.62. The number of hydrogen-bond donors (Lipinski definition) is 2. The zero-order valence-electron chi connectivity index (χ0n) is 9.33. The van der Waals surface area contributed by atoms with Crippen molar-refractivity contribution in [2.75, 3.05) is 0 Å². The lowest BCUT2D eigenvalue weighted by Crippen LogP contribution is -2.14. The van der Waals surface area contributed by atoms with E-state index >= 15 is 0 Å². The van der Waals surface area contributed by atoms with Crippen molar-refractivity contribution < 1.29 is 19.8 Å². The summed E-state index contributed by atoms with van der Waals surface area (Å²) in [5.41, 5.74) is 0.136. The molecule has 4 nitrogen and oxygen atoms in total. The van der Waals surface area contributed by atoms with Crippen LogP contribution in [0.5, 0.6) is 11.5 Å². The monoisotopic (exact) mass is 242 g/mol. The third-order valence-electron chi connectivity index (χ3n) is 2.47. The predicted octanol–water partition coefficient (Wildman–Crippen LogP) is 2.16. The maximum atomic E-state index is 11.9. The van der Waals surface area contributed by atoms with Crippen molar-refractivity contribution in [3.63, 3.8) is 0 Å². The molecule has 0 fully saturated rings. The SMILES string of the molecule is O=C(C(=O)c1ccc(O)cc1O)c1ccccc1. The first-order valence-electron chi connectivity index (χ1n) is 5.25. The summed E-state index contributed by atoms with van der Waals surface area (Å²) in [5, 5.41) is 18.6. The lowest BCUT2D eigenvalue weighted by molar-refractivity contribution is 0.0815. The van der Waals surface area contributed by atoms with Gasteiger partial charge >= 0.3 is 0 Å². The largest absolute Gasteiger partial charge is 0.508 e. The van der Waals surface area contributed by atoms with Crippen LogP contribution < -0.4 is 0 Å². The molecule has 4 heteroatoms. The minimum Gasteiger partial charge on any atom is -0.508 e. The first kappa shape index (κ1) is 11.9. The van der Waals surface area contributed by atoms with E-state index in [1.165, 1.54) is 24.3 Å². The number of hydrogen-bond acceptors (Lipinski definition) is 4. The molecule has 0 atom stereocenters. The molecule has 0 bridgehead atoms. The minimum atomic E-state index is -0.807. The Bertz CT molecular complexity index is 602. The molecule has 0 unspecified atom stereocenters. The highest BCUT2D eigenvalue weighted by Crippen LogP contribution is 2.23. The number of aromatic hydroxyl groups is 2. The Morgan fingerprint density at radius 3 is 2.11 bits per heavy atom. The van der Waals surface area contributed by atoms with E-state index in [1.54, 1.807) is 18.2 Å². The van der Waals surface area contributed by atoms with Gasteiger partial charge in [-0.1, -0.05) is 30.3 Å². The molecule has 0 saturated carbocycles. The molecule has 2 N–H and O–H groups in total. The van der Waals surface area contributed by atoms with Gasteiger partial charge in [-0.3, -0.25) is 9.59 Å². The molecule has 0 aliphatic carbocycles. The van der Waals surface area contributed by atoms with Gasteiger partial charge in [0.25, 0.3) is 0 Å². The lowest BCUT2D eigenvalue weighted by Gasteiger charge is -2.03. The number of carbonyl (C=O) groups excluding carboxylic acids is 2. The van der Waals surface area contributed by atoms with Crippen LogP contribution in [0, 0.1) is 0 Å². The van der Waals surface area contributed by atoms with Crippen molar-refractivity contribution >= 4 is 11.6 Å². The fourth-order valence-corrected chi connectivity index (χ4v) is 1.55. The molecule has 0 amide bonds. The second kappa shape index (κ2) is 4.71. The van der Waals surface area contributed by atoms with E-state index in [2.05, 4.69) is 0 Å². The predicted molar refractivity (Wildman–Crippen MR) is 64.9 cm³/mol. The Morgan fingerprint density at radius 1 is 0.833 bits per heavy atom. The van der Waals surface area contributed by atoms with Gasteiger partial charge in [-0.15, -0.1) is 0 Å². The molecule has 0 radical (unpaired) electrons. The molecule has 2 aromatic rings. The molecule has 18 heavy (non-hydrogen) atoms. The van der Waals surface area contributed by atoms with Gasteiger partial charge in [0.15, 0.2) is 0 Å². The van der Waals surface area contributed by atoms with Gasteiger partial charge in [-0.05, 0) is 12.1 Å². The molecular formula is C14H10O4. The van der Waals surface area contributed by atoms with Crippen LogP contribution in [-0.4, -0.2) is 21.8 Å². The normalized spacial score (nSPS) is 10.0. The van der Waals surface area contributed by atoms with Crippen LogP contribution in [0.4, 0.5) is 0 Å². The van der Waals surface area contributed by atoms with Crippen molar-refractivity contribution in [2.24, 2.45) is 0 Å². The topological polar surface area (TPSA) is 74.6 Å². The number of Topliss-reactive ketones (excluding diaryl/α,β-unsaturated/α-hetero) is 2. The van der Waals surface area contributed by atoms with E-state index in [0.717, 1.165) is 6.07 Å². The molecule has 0 aliphatic heterocycles. The summed E-state index contributed by atoms with van der Waals surface area (Å²) in [6.45, 7) is 0. The van der Waals surface area contributed by atoms with Gasteiger partial charge in [0.05, 0.1) is 5.56 Å². The maximum Gasteiger partial charge on any atom is 0.237 e. The maximum absolute atomic E-state index is 11.9. The van der Waals surface area contributed by atoms with Crippen molar-refractivity contribution in [1.82, 2.24) is 0 Å². The fraction of sp³-hybridized carbons (Fsp3) is 0. The van der Waals surface area contributed by atoms with E-state index in [9.17, 15) is 14.7 Å². The first-order valence-corrected chi connectivity index (χ1v) is 5.25. The summed E-state index contributed by atoms with van der Waals surface area (Å²) < 4.78 is 0. The van der Waals surface area contributed by atoms with E-state index in [0.29, 0.717) is 0 Å². The molecular weight excluding hydrogens is 232 g/mol. The van der Waals surface area contributed by atoms with Gasteiger partial charge in [-0.25, -0.2) is 0 Å². The van der Waals surface area contributed by atoms with Crippen LogP contribution in [0.15, 0.2) is 48.5 Å². The highest BCUT2D eigenvalue weighted by Gasteiger charge is 2.21. The molecule has 0 heterocycles. The van der Waals surface area contributed by atoms with Gasteiger partial charge in [0, 0.05) is 11.6 Å². The Balaban J connectivity index is 2.35. The van der Waals surface area contributed by atoms with Crippen LogP contribution in [0.3, 0.4) is 0 Å². The molecule has 0 aliphatic rings. The summed E-state index contributed by atoms with van der Waals surface area (Å²) >= 11 is 0. The van der Waals surface area contributed by atoms with Crippen LogP contribution in [0.2, 0.25) is 0 Å². The zero-order chi connectivity index (χ0) is 13.1.